The van der Waals surface area contributed by atoms with E-state index in [1.807, 2.05) is 12.1 Å². The SMILES string of the molecule is O=C(N[C@H](C(=O)c1ccc(F)cc1)c1ccccc1)c1ccccc1. The molecule has 1 atom stereocenters. The first-order valence-corrected chi connectivity index (χ1v) is 7.86. The fourth-order valence-corrected chi connectivity index (χ4v) is 2.53. The lowest BCUT2D eigenvalue weighted by molar-refractivity contribution is 0.0857. The van der Waals surface area contributed by atoms with Crippen molar-refractivity contribution in [3.8, 4) is 0 Å². The first-order chi connectivity index (χ1) is 12.1. The van der Waals surface area contributed by atoms with Crippen LogP contribution >= 0.6 is 0 Å². The smallest absolute Gasteiger partial charge is 0.252 e. The highest BCUT2D eigenvalue weighted by Gasteiger charge is 2.24. The molecular weight excluding hydrogens is 317 g/mol. The number of hydrogen-bond acceptors (Lipinski definition) is 2. The standard InChI is InChI=1S/C21H16FNO2/c22-18-13-11-16(12-14-18)20(24)19(15-7-3-1-4-8-15)23-21(25)17-9-5-2-6-10-17/h1-14,19H,(H,23,25)/t19-/m0/s1. The number of rotatable bonds is 5. The zero-order valence-electron chi connectivity index (χ0n) is 13.4. The van der Waals surface area contributed by atoms with Gasteiger partial charge in [-0.3, -0.25) is 9.59 Å². The second-order valence-electron chi connectivity index (χ2n) is 5.55. The summed E-state index contributed by atoms with van der Waals surface area (Å²) in [5.41, 5.74) is 1.47. The molecule has 0 radical (unpaired) electrons. The van der Waals surface area contributed by atoms with E-state index in [2.05, 4.69) is 5.32 Å². The normalized spacial score (nSPS) is 11.6. The van der Waals surface area contributed by atoms with E-state index in [9.17, 15) is 14.0 Å². The Labute approximate surface area is 145 Å². The van der Waals surface area contributed by atoms with Crippen LogP contribution in [0.1, 0.15) is 32.3 Å². The molecule has 0 unspecified atom stereocenters. The third-order valence-electron chi connectivity index (χ3n) is 3.84. The topological polar surface area (TPSA) is 46.2 Å². The highest BCUT2D eigenvalue weighted by Crippen LogP contribution is 2.19. The van der Waals surface area contributed by atoms with Crippen LogP contribution in [0, 0.1) is 5.82 Å². The van der Waals surface area contributed by atoms with E-state index in [0.29, 0.717) is 16.7 Å². The number of benzene rings is 3. The summed E-state index contributed by atoms with van der Waals surface area (Å²) in [6.07, 6.45) is 0. The predicted molar refractivity (Wildman–Crippen MR) is 93.8 cm³/mol. The van der Waals surface area contributed by atoms with Crippen molar-refractivity contribution in [3.05, 3.63) is 107 Å². The first kappa shape index (κ1) is 16.6. The third-order valence-corrected chi connectivity index (χ3v) is 3.84. The minimum Gasteiger partial charge on any atom is -0.338 e. The van der Waals surface area contributed by atoms with E-state index in [1.54, 1.807) is 48.5 Å². The molecule has 0 fully saturated rings. The number of amides is 1. The van der Waals surface area contributed by atoms with Crippen molar-refractivity contribution in [1.82, 2.24) is 5.32 Å². The molecule has 0 aromatic heterocycles. The average molecular weight is 333 g/mol. The average Bonchev–Trinajstić information content (AvgIpc) is 2.67. The van der Waals surface area contributed by atoms with Crippen molar-refractivity contribution in [2.75, 3.05) is 0 Å². The van der Waals surface area contributed by atoms with Gasteiger partial charge in [-0.15, -0.1) is 0 Å². The molecule has 0 saturated carbocycles. The summed E-state index contributed by atoms with van der Waals surface area (Å²) in [5.74, 6) is -1.05. The summed E-state index contributed by atoms with van der Waals surface area (Å²) >= 11 is 0. The van der Waals surface area contributed by atoms with Gasteiger partial charge in [-0.05, 0) is 42.0 Å². The van der Waals surface area contributed by atoms with Crippen molar-refractivity contribution < 1.29 is 14.0 Å². The van der Waals surface area contributed by atoms with Gasteiger partial charge in [0.05, 0.1) is 0 Å². The zero-order valence-corrected chi connectivity index (χ0v) is 13.4. The van der Waals surface area contributed by atoms with E-state index in [4.69, 9.17) is 0 Å². The van der Waals surface area contributed by atoms with Crippen LogP contribution in [0.2, 0.25) is 0 Å². The molecular formula is C21H16FNO2. The van der Waals surface area contributed by atoms with E-state index in [1.165, 1.54) is 24.3 Å². The number of halogens is 1. The van der Waals surface area contributed by atoms with Gasteiger partial charge in [0, 0.05) is 11.1 Å². The van der Waals surface area contributed by atoms with Crippen LogP contribution in [-0.4, -0.2) is 11.7 Å². The Hall–Kier alpha value is -3.27. The van der Waals surface area contributed by atoms with Gasteiger partial charge in [0.25, 0.3) is 5.91 Å². The van der Waals surface area contributed by atoms with E-state index < -0.39 is 11.9 Å². The molecule has 1 amide bonds. The molecule has 0 aliphatic heterocycles. The molecule has 25 heavy (non-hydrogen) atoms. The van der Waals surface area contributed by atoms with Crippen LogP contribution in [0.3, 0.4) is 0 Å². The number of nitrogens with one attached hydrogen (secondary N) is 1. The maximum atomic E-state index is 13.1. The maximum absolute atomic E-state index is 13.1. The number of carbonyl (C=O) groups is 2. The van der Waals surface area contributed by atoms with Gasteiger partial charge in [0.2, 0.25) is 0 Å². The Bertz CT molecular complexity index is 861. The molecule has 3 aromatic carbocycles. The lowest BCUT2D eigenvalue weighted by Crippen LogP contribution is -2.34. The molecule has 0 heterocycles. The van der Waals surface area contributed by atoms with E-state index in [0.717, 1.165) is 0 Å². The predicted octanol–water partition coefficient (Wildman–Crippen LogP) is 4.18. The minimum absolute atomic E-state index is 0.296. The molecule has 3 rings (SSSR count). The van der Waals surface area contributed by atoms with Gasteiger partial charge >= 0.3 is 0 Å². The van der Waals surface area contributed by atoms with Crippen LogP contribution in [0.4, 0.5) is 4.39 Å². The molecule has 3 aromatic rings. The molecule has 0 aliphatic carbocycles. The second kappa shape index (κ2) is 7.53. The zero-order chi connectivity index (χ0) is 17.6. The number of Topliss-reactive ketones (excluding diaryl/α,β-unsaturated/α-hetero) is 1. The van der Waals surface area contributed by atoms with Crippen LogP contribution in [0.5, 0.6) is 0 Å². The number of carbonyl (C=O) groups excluding carboxylic acids is 2. The van der Waals surface area contributed by atoms with E-state index in [-0.39, 0.29) is 11.7 Å². The third kappa shape index (κ3) is 3.98. The summed E-state index contributed by atoms with van der Waals surface area (Å²) < 4.78 is 13.1. The van der Waals surface area contributed by atoms with Gasteiger partial charge in [0.1, 0.15) is 11.9 Å². The van der Waals surface area contributed by atoms with Crippen LogP contribution in [0.15, 0.2) is 84.9 Å². The Kier molecular flexibility index (Phi) is 5.00. The molecule has 124 valence electrons. The summed E-state index contributed by atoms with van der Waals surface area (Å²) in [5, 5.41) is 2.78. The molecule has 1 N–H and O–H groups in total. The fourth-order valence-electron chi connectivity index (χ4n) is 2.53. The van der Waals surface area contributed by atoms with Gasteiger partial charge in [0.15, 0.2) is 5.78 Å². The van der Waals surface area contributed by atoms with Gasteiger partial charge in [-0.2, -0.15) is 0 Å². The van der Waals surface area contributed by atoms with Crippen LogP contribution in [0.25, 0.3) is 0 Å². The van der Waals surface area contributed by atoms with Crippen LogP contribution < -0.4 is 5.32 Å². The van der Waals surface area contributed by atoms with Gasteiger partial charge < -0.3 is 5.32 Å². The number of ketones is 1. The van der Waals surface area contributed by atoms with Crippen LogP contribution in [-0.2, 0) is 0 Å². The molecule has 0 aliphatic rings. The van der Waals surface area contributed by atoms with Crippen molar-refractivity contribution >= 4 is 11.7 Å². The Morgan fingerprint density at radius 3 is 1.88 bits per heavy atom. The highest BCUT2D eigenvalue weighted by molar-refractivity contribution is 6.04. The Morgan fingerprint density at radius 2 is 1.28 bits per heavy atom. The van der Waals surface area contributed by atoms with Gasteiger partial charge in [-0.1, -0.05) is 48.5 Å². The molecule has 0 spiro atoms. The quantitative estimate of drug-likeness (QED) is 0.712. The highest BCUT2D eigenvalue weighted by atomic mass is 19.1. The lowest BCUT2D eigenvalue weighted by atomic mass is 9.97. The lowest BCUT2D eigenvalue weighted by Gasteiger charge is -2.18. The molecule has 4 heteroatoms. The van der Waals surface area contributed by atoms with Crippen molar-refractivity contribution in [2.24, 2.45) is 0 Å². The van der Waals surface area contributed by atoms with Crippen molar-refractivity contribution in [2.45, 2.75) is 6.04 Å². The molecule has 3 nitrogen and oxygen atoms in total. The summed E-state index contributed by atoms with van der Waals surface area (Å²) in [7, 11) is 0. The van der Waals surface area contributed by atoms with Gasteiger partial charge in [-0.25, -0.2) is 4.39 Å². The second-order valence-corrected chi connectivity index (χ2v) is 5.55. The molecule has 0 saturated heterocycles. The Balaban J connectivity index is 1.91. The van der Waals surface area contributed by atoms with Crippen molar-refractivity contribution in [3.63, 3.8) is 0 Å². The Morgan fingerprint density at radius 1 is 0.720 bits per heavy atom. The summed E-state index contributed by atoms with van der Waals surface area (Å²) in [4.78, 5) is 25.4. The monoisotopic (exact) mass is 333 g/mol. The minimum atomic E-state index is -0.848. The first-order valence-electron chi connectivity index (χ1n) is 7.86. The van der Waals surface area contributed by atoms with Crippen molar-refractivity contribution in [1.29, 1.82) is 0 Å². The largest absolute Gasteiger partial charge is 0.338 e. The molecule has 0 bridgehead atoms. The maximum Gasteiger partial charge on any atom is 0.252 e. The summed E-state index contributed by atoms with van der Waals surface area (Å²) in [6.45, 7) is 0. The summed E-state index contributed by atoms with van der Waals surface area (Å²) in [6, 6.07) is 22.1. The number of hydrogen-bond donors (Lipinski definition) is 1. The van der Waals surface area contributed by atoms with E-state index >= 15 is 0 Å². The fraction of sp³-hybridized carbons (Fsp3) is 0.0476.